The third-order valence-electron chi connectivity index (χ3n) is 1.75. The van der Waals surface area contributed by atoms with Gasteiger partial charge in [0.2, 0.25) is 11.4 Å². The molecule has 72 valence electrons. The van der Waals surface area contributed by atoms with E-state index >= 15 is 0 Å². The summed E-state index contributed by atoms with van der Waals surface area (Å²) < 4.78 is 9.27. The summed E-state index contributed by atoms with van der Waals surface area (Å²) >= 11 is 0. The van der Waals surface area contributed by atoms with Crippen molar-refractivity contribution in [3.8, 4) is 0 Å². The number of hydrogen-bond donors (Lipinski definition) is 0. The highest BCUT2D eigenvalue weighted by Crippen LogP contribution is 2.25. The second-order valence-electron chi connectivity index (χ2n) is 2.94. The van der Waals surface area contributed by atoms with Gasteiger partial charge in [0.05, 0.1) is 13.0 Å². The predicted molar refractivity (Wildman–Crippen MR) is 40.8 cm³/mol. The molecule has 5 nitrogen and oxygen atoms in total. The topological polar surface area (TPSA) is 69.7 Å². The lowest BCUT2D eigenvalue weighted by Crippen LogP contribution is -2.36. The number of rotatable bonds is 2. The van der Waals surface area contributed by atoms with Crippen LogP contribution in [0.25, 0.3) is 0 Å². The van der Waals surface area contributed by atoms with Crippen LogP contribution in [0.5, 0.6) is 0 Å². The van der Waals surface area contributed by atoms with Crippen LogP contribution in [0.1, 0.15) is 20.3 Å². The Balaban J connectivity index is 2.74. The monoisotopic (exact) mass is 186 g/mol. The third-order valence-corrected chi connectivity index (χ3v) is 1.75. The van der Waals surface area contributed by atoms with Crippen molar-refractivity contribution in [2.24, 2.45) is 0 Å². The number of Topliss-reactive ketones (excluding diaryl/α,β-unsaturated/α-hetero) is 1. The van der Waals surface area contributed by atoms with Crippen molar-refractivity contribution in [1.29, 1.82) is 0 Å². The molecule has 0 amide bonds. The highest BCUT2D eigenvalue weighted by Gasteiger charge is 2.49. The van der Waals surface area contributed by atoms with E-state index in [-0.39, 0.29) is 13.0 Å². The van der Waals surface area contributed by atoms with Crippen LogP contribution in [0.15, 0.2) is 0 Å². The second-order valence-corrected chi connectivity index (χ2v) is 2.94. The van der Waals surface area contributed by atoms with Gasteiger partial charge in [-0.1, -0.05) is 0 Å². The van der Waals surface area contributed by atoms with Crippen molar-refractivity contribution in [3.63, 3.8) is 0 Å². The Morgan fingerprint density at radius 3 is 2.62 bits per heavy atom. The first kappa shape index (κ1) is 9.70. The fourth-order valence-corrected chi connectivity index (χ4v) is 1.07. The maximum Gasteiger partial charge on any atom is 0.375 e. The molecular weight excluding hydrogens is 176 g/mol. The average Bonchev–Trinajstić information content (AvgIpc) is 2.28. The van der Waals surface area contributed by atoms with Gasteiger partial charge in [-0.15, -0.1) is 0 Å². The minimum absolute atomic E-state index is 0.195. The predicted octanol–water partition coefficient (Wildman–Crippen LogP) is -0.176. The zero-order chi connectivity index (χ0) is 10.1. The van der Waals surface area contributed by atoms with Gasteiger partial charge in [-0.2, -0.15) is 0 Å². The summed E-state index contributed by atoms with van der Waals surface area (Å²) in [5, 5.41) is 0. The van der Waals surface area contributed by atoms with Crippen molar-refractivity contribution >= 4 is 17.7 Å². The van der Waals surface area contributed by atoms with E-state index in [1.807, 2.05) is 0 Å². The van der Waals surface area contributed by atoms with E-state index in [2.05, 4.69) is 9.47 Å². The molecule has 0 saturated carbocycles. The van der Waals surface area contributed by atoms with E-state index in [1.165, 1.54) is 6.92 Å². The molecule has 1 aliphatic rings. The molecule has 5 heteroatoms. The van der Waals surface area contributed by atoms with Crippen molar-refractivity contribution in [2.45, 2.75) is 25.9 Å². The molecule has 1 atom stereocenters. The van der Waals surface area contributed by atoms with Gasteiger partial charge in [-0.3, -0.25) is 4.79 Å². The molecule has 1 unspecified atom stereocenters. The fourth-order valence-electron chi connectivity index (χ4n) is 1.07. The molecule has 0 aromatic heterocycles. The number of carbonyl (C=O) groups is 3. The molecule has 0 spiro atoms. The summed E-state index contributed by atoms with van der Waals surface area (Å²) in [6, 6.07) is 0. The lowest BCUT2D eigenvalue weighted by atomic mass is 10.0. The van der Waals surface area contributed by atoms with E-state index in [4.69, 9.17) is 0 Å². The van der Waals surface area contributed by atoms with Crippen molar-refractivity contribution < 1.29 is 23.9 Å². The van der Waals surface area contributed by atoms with Crippen LogP contribution in [-0.4, -0.2) is 29.9 Å². The van der Waals surface area contributed by atoms with Gasteiger partial charge in [0.25, 0.3) is 0 Å². The quantitative estimate of drug-likeness (QED) is 0.442. The average molecular weight is 186 g/mol. The molecule has 1 rings (SSSR count). The highest BCUT2D eigenvalue weighted by molar-refractivity contribution is 6.36. The van der Waals surface area contributed by atoms with Gasteiger partial charge in [0, 0.05) is 0 Å². The van der Waals surface area contributed by atoms with Crippen molar-refractivity contribution in [3.05, 3.63) is 0 Å². The summed E-state index contributed by atoms with van der Waals surface area (Å²) in [5.41, 5.74) is -1.41. The smallest absolute Gasteiger partial charge is 0.375 e. The lowest BCUT2D eigenvalue weighted by Gasteiger charge is -2.18. The minimum atomic E-state index is -1.41. The molecule has 1 heterocycles. The molecule has 0 aromatic rings. The first-order chi connectivity index (χ1) is 5.99. The second kappa shape index (κ2) is 3.16. The van der Waals surface area contributed by atoms with Gasteiger partial charge in [0.1, 0.15) is 0 Å². The van der Waals surface area contributed by atoms with Crippen LogP contribution in [0, 0.1) is 0 Å². The molecule has 0 aromatic carbocycles. The van der Waals surface area contributed by atoms with Crippen LogP contribution in [0.2, 0.25) is 0 Å². The number of carbonyl (C=O) groups excluding carboxylic acids is 3. The Hall–Kier alpha value is -1.39. The number of ketones is 1. The first-order valence-corrected chi connectivity index (χ1v) is 3.93. The van der Waals surface area contributed by atoms with E-state index in [1.54, 1.807) is 6.92 Å². The van der Waals surface area contributed by atoms with Gasteiger partial charge < -0.3 is 9.47 Å². The van der Waals surface area contributed by atoms with Gasteiger partial charge in [-0.25, -0.2) is 9.59 Å². The number of ether oxygens (including phenoxy) is 2. The van der Waals surface area contributed by atoms with Crippen LogP contribution >= 0.6 is 0 Å². The van der Waals surface area contributed by atoms with Crippen molar-refractivity contribution in [2.75, 3.05) is 6.61 Å². The fraction of sp³-hybridized carbons (Fsp3) is 0.625. The molecule has 0 bridgehead atoms. The number of hydrogen-bond acceptors (Lipinski definition) is 5. The van der Waals surface area contributed by atoms with Gasteiger partial charge in [-0.05, 0) is 13.8 Å². The maximum absolute atomic E-state index is 11.2. The van der Waals surface area contributed by atoms with Crippen LogP contribution in [0.4, 0.5) is 0 Å². The Bertz CT molecular complexity index is 252. The molecule has 1 saturated heterocycles. The summed E-state index contributed by atoms with van der Waals surface area (Å²) in [7, 11) is 0. The van der Waals surface area contributed by atoms with E-state index < -0.39 is 23.3 Å². The van der Waals surface area contributed by atoms with Crippen LogP contribution < -0.4 is 0 Å². The standard InChI is InChI=1S/C8H10O5/c1-3-12-7(11)8(2)4-5(9)6(10)13-8/h3-4H2,1-2H3. The molecule has 1 fully saturated rings. The molecule has 0 N–H and O–H groups in total. The summed E-state index contributed by atoms with van der Waals surface area (Å²) in [5.74, 6) is -2.32. The SMILES string of the molecule is CCOC(=O)C1(C)CC(=O)C(=O)O1. The molecule has 1 aliphatic heterocycles. The molecule has 0 aliphatic carbocycles. The Labute approximate surface area is 75.0 Å². The third kappa shape index (κ3) is 1.68. The zero-order valence-corrected chi connectivity index (χ0v) is 7.46. The molecule has 13 heavy (non-hydrogen) atoms. The van der Waals surface area contributed by atoms with Crippen molar-refractivity contribution in [1.82, 2.24) is 0 Å². The molecule has 0 radical (unpaired) electrons. The highest BCUT2D eigenvalue weighted by atomic mass is 16.6. The summed E-state index contributed by atoms with van der Waals surface area (Å²) in [6.07, 6.45) is -0.231. The van der Waals surface area contributed by atoms with Crippen LogP contribution in [0.3, 0.4) is 0 Å². The number of cyclic esters (lactones) is 1. The number of esters is 2. The van der Waals surface area contributed by atoms with E-state index in [0.29, 0.717) is 0 Å². The largest absolute Gasteiger partial charge is 0.463 e. The normalized spacial score (nSPS) is 27.2. The Kier molecular flexibility index (Phi) is 2.36. The Morgan fingerprint density at radius 2 is 2.23 bits per heavy atom. The molecular formula is C8H10O5. The van der Waals surface area contributed by atoms with Gasteiger partial charge >= 0.3 is 11.9 Å². The van der Waals surface area contributed by atoms with E-state index in [0.717, 1.165) is 0 Å². The van der Waals surface area contributed by atoms with E-state index in [9.17, 15) is 14.4 Å². The maximum atomic E-state index is 11.2. The minimum Gasteiger partial charge on any atom is -0.463 e. The zero-order valence-electron chi connectivity index (χ0n) is 7.46. The summed E-state index contributed by atoms with van der Waals surface area (Å²) in [6.45, 7) is 3.20. The first-order valence-electron chi connectivity index (χ1n) is 3.93. The summed E-state index contributed by atoms with van der Waals surface area (Å²) in [4.78, 5) is 32.7. The van der Waals surface area contributed by atoms with Crippen LogP contribution in [-0.2, 0) is 23.9 Å². The Morgan fingerprint density at radius 1 is 1.62 bits per heavy atom. The van der Waals surface area contributed by atoms with Gasteiger partial charge in [0.15, 0.2) is 0 Å². The lowest BCUT2D eigenvalue weighted by molar-refractivity contribution is -0.172.